The lowest BCUT2D eigenvalue weighted by Crippen LogP contribution is -2.48. The van der Waals surface area contributed by atoms with Crippen molar-refractivity contribution in [2.24, 2.45) is 17.8 Å². The van der Waals surface area contributed by atoms with Crippen molar-refractivity contribution in [3.8, 4) is 5.75 Å². The van der Waals surface area contributed by atoms with Crippen LogP contribution in [0, 0.1) is 17.8 Å². The number of imide groups is 1. The zero-order chi connectivity index (χ0) is 25.0. The summed E-state index contributed by atoms with van der Waals surface area (Å²) in [6.07, 6.45) is 9.81. The van der Waals surface area contributed by atoms with Gasteiger partial charge in [-0.05, 0) is 116 Å². The van der Waals surface area contributed by atoms with Crippen LogP contribution in [0.4, 0.5) is 4.79 Å². The summed E-state index contributed by atoms with van der Waals surface area (Å²) in [5.74, 6) is 2.95. The summed E-state index contributed by atoms with van der Waals surface area (Å²) in [5.41, 5.74) is 3.04. The van der Waals surface area contributed by atoms with E-state index in [1.165, 1.54) is 49.0 Å². The zero-order valence-electron chi connectivity index (χ0n) is 20.3. The maximum absolute atomic E-state index is 13.3. The number of rotatable bonds is 6. The van der Waals surface area contributed by atoms with E-state index in [1.807, 2.05) is 13.0 Å². The second-order valence-electron chi connectivity index (χ2n) is 10.9. The van der Waals surface area contributed by atoms with E-state index in [9.17, 15) is 9.59 Å². The third-order valence-corrected chi connectivity index (χ3v) is 10.1. The van der Waals surface area contributed by atoms with Crippen molar-refractivity contribution < 1.29 is 14.3 Å². The predicted octanol–water partition coefficient (Wildman–Crippen LogP) is 8.10. The first-order valence-electron chi connectivity index (χ1n) is 12.8. The van der Waals surface area contributed by atoms with Gasteiger partial charge in [0.2, 0.25) is 0 Å². The number of hydrogen-bond donors (Lipinski definition) is 0. The van der Waals surface area contributed by atoms with Gasteiger partial charge in [0.15, 0.2) is 0 Å². The molecule has 4 saturated carbocycles. The van der Waals surface area contributed by atoms with Crippen LogP contribution in [0.3, 0.4) is 0 Å². The molecule has 0 N–H and O–H groups in total. The van der Waals surface area contributed by atoms with Crippen LogP contribution < -0.4 is 4.74 Å². The van der Waals surface area contributed by atoms with Gasteiger partial charge in [-0.1, -0.05) is 35.3 Å². The fourth-order valence-corrected chi connectivity index (χ4v) is 8.71. The first-order chi connectivity index (χ1) is 17.3. The molecule has 0 aromatic heterocycles. The molecular weight excluding hydrogens is 513 g/mol. The molecule has 36 heavy (non-hydrogen) atoms. The summed E-state index contributed by atoms with van der Waals surface area (Å²) < 4.78 is 5.94. The smallest absolute Gasteiger partial charge is 0.293 e. The SMILES string of the molecule is CCOc1ccc(C23CC4CC(CC(C4)C2)C3)cc1/C=C1/SC(=O)N(Cc2c(Cl)cccc2Cl)C1=O. The molecule has 7 heteroatoms. The number of carbonyl (C=O) groups is 2. The van der Waals surface area contributed by atoms with E-state index < -0.39 is 0 Å². The largest absolute Gasteiger partial charge is 0.493 e. The molecule has 5 fully saturated rings. The Kier molecular flexibility index (Phi) is 6.38. The highest BCUT2D eigenvalue weighted by atomic mass is 35.5. The summed E-state index contributed by atoms with van der Waals surface area (Å²) in [5, 5.41) is 0.553. The normalized spacial score (nSPS) is 30.0. The van der Waals surface area contributed by atoms with Crippen LogP contribution in [-0.2, 0) is 16.8 Å². The molecule has 188 valence electrons. The molecule has 0 unspecified atom stereocenters. The van der Waals surface area contributed by atoms with E-state index in [4.69, 9.17) is 27.9 Å². The van der Waals surface area contributed by atoms with Gasteiger partial charge >= 0.3 is 0 Å². The van der Waals surface area contributed by atoms with Gasteiger partial charge in [0.1, 0.15) is 5.75 Å². The van der Waals surface area contributed by atoms with Crippen LogP contribution in [0.25, 0.3) is 6.08 Å². The molecule has 2 aromatic rings. The standard InChI is InChI=1S/C29H29Cl2NO3S/c1-2-35-25-7-6-21(29-13-17-8-18(14-29)10-19(9-17)15-29)11-20(25)12-26-27(33)32(28(34)36-26)16-22-23(30)4-3-5-24(22)31/h3-7,11-12,17-19H,2,8-10,13-16H2,1H3/b26-12+. The molecule has 1 aliphatic heterocycles. The van der Waals surface area contributed by atoms with Gasteiger partial charge in [0.25, 0.3) is 11.1 Å². The Labute approximate surface area is 226 Å². The van der Waals surface area contributed by atoms with Crippen molar-refractivity contribution in [3.05, 3.63) is 68.0 Å². The summed E-state index contributed by atoms with van der Waals surface area (Å²) in [6.45, 7) is 2.54. The first-order valence-corrected chi connectivity index (χ1v) is 14.4. The molecule has 1 heterocycles. The van der Waals surface area contributed by atoms with Gasteiger partial charge in [-0.3, -0.25) is 14.5 Å². The fraction of sp³-hybridized carbons (Fsp3) is 0.448. The molecule has 7 rings (SSSR count). The molecule has 1 saturated heterocycles. The molecule has 4 bridgehead atoms. The second-order valence-corrected chi connectivity index (χ2v) is 12.7. The zero-order valence-corrected chi connectivity index (χ0v) is 22.6. The Morgan fingerprint density at radius 3 is 2.28 bits per heavy atom. The Morgan fingerprint density at radius 1 is 1.03 bits per heavy atom. The summed E-state index contributed by atoms with van der Waals surface area (Å²) >= 11 is 13.6. The number of hydrogen-bond acceptors (Lipinski definition) is 4. The molecule has 0 spiro atoms. The van der Waals surface area contributed by atoms with Crippen LogP contribution in [0.15, 0.2) is 41.3 Å². The maximum atomic E-state index is 13.3. The average Bonchev–Trinajstić information content (AvgIpc) is 3.09. The van der Waals surface area contributed by atoms with Gasteiger partial charge in [-0.15, -0.1) is 0 Å². The van der Waals surface area contributed by atoms with Crippen molar-refractivity contribution in [1.82, 2.24) is 4.90 Å². The highest BCUT2D eigenvalue weighted by molar-refractivity contribution is 8.18. The van der Waals surface area contributed by atoms with E-state index in [-0.39, 0.29) is 23.1 Å². The van der Waals surface area contributed by atoms with Gasteiger partial charge in [0.05, 0.1) is 18.1 Å². The topological polar surface area (TPSA) is 46.6 Å². The molecule has 2 aromatic carbocycles. The average molecular weight is 543 g/mol. The predicted molar refractivity (Wildman–Crippen MR) is 145 cm³/mol. The minimum Gasteiger partial charge on any atom is -0.493 e. The van der Waals surface area contributed by atoms with Crippen molar-refractivity contribution >= 4 is 52.2 Å². The van der Waals surface area contributed by atoms with Crippen LogP contribution in [-0.4, -0.2) is 22.7 Å². The second kappa shape index (κ2) is 9.41. The molecule has 0 atom stereocenters. The minimum atomic E-state index is -0.330. The number of nitrogens with zero attached hydrogens (tertiary/aromatic N) is 1. The lowest BCUT2D eigenvalue weighted by Gasteiger charge is -2.57. The van der Waals surface area contributed by atoms with Gasteiger partial charge in [-0.25, -0.2) is 0 Å². The Morgan fingerprint density at radius 2 is 1.67 bits per heavy atom. The monoisotopic (exact) mass is 541 g/mol. The molecule has 4 aliphatic carbocycles. The van der Waals surface area contributed by atoms with Gasteiger partial charge in [0, 0.05) is 21.2 Å². The van der Waals surface area contributed by atoms with Crippen molar-refractivity contribution in [3.63, 3.8) is 0 Å². The highest BCUT2D eigenvalue weighted by Gasteiger charge is 2.51. The van der Waals surface area contributed by atoms with E-state index in [0.717, 1.165) is 40.8 Å². The van der Waals surface area contributed by atoms with E-state index in [0.29, 0.717) is 27.1 Å². The summed E-state index contributed by atoms with van der Waals surface area (Å²) in [6, 6.07) is 11.7. The Hall–Kier alpha value is -1.95. The van der Waals surface area contributed by atoms with Crippen molar-refractivity contribution in [2.45, 2.75) is 57.4 Å². The Bertz CT molecular complexity index is 1220. The quantitative estimate of drug-likeness (QED) is 0.346. The van der Waals surface area contributed by atoms with Crippen LogP contribution in [0.1, 0.15) is 62.1 Å². The molecule has 4 nitrogen and oxygen atoms in total. The Balaban J connectivity index is 1.32. The number of thioether (sulfide) groups is 1. The van der Waals surface area contributed by atoms with Gasteiger partial charge in [-0.2, -0.15) is 0 Å². The van der Waals surface area contributed by atoms with Crippen molar-refractivity contribution in [2.75, 3.05) is 6.61 Å². The van der Waals surface area contributed by atoms with Crippen molar-refractivity contribution in [1.29, 1.82) is 0 Å². The molecule has 2 amide bonds. The number of benzene rings is 2. The number of ether oxygens (including phenoxy) is 1. The van der Waals surface area contributed by atoms with Crippen LogP contribution in [0.5, 0.6) is 5.75 Å². The minimum absolute atomic E-state index is 0.0478. The summed E-state index contributed by atoms with van der Waals surface area (Å²) in [4.78, 5) is 27.8. The third-order valence-electron chi connectivity index (χ3n) is 8.50. The first kappa shape index (κ1) is 24.4. The fourth-order valence-electron chi connectivity index (χ4n) is 7.36. The van der Waals surface area contributed by atoms with Gasteiger partial charge < -0.3 is 4.74 Å². The summed E-state index contributed by atoms with van der Waals surface area (Å²) in [7, 11) is 0. The van der Waals surface area contributed by atoms with E-state index >= 15 is 0 Å². The lowest BCUT2D eigenvalue weighted by atomic mass is 9.48. The third kappa shape index (κ3) is 4.27. The lowest BCUT2D eigenvalue weighted by molar-refractivity contribution is -0.123. The van der Waals surface area contributed by atoms with E-state index in [1.54, 1.807) is 18.2 Å². The number of halogens is 2. The highest BCUT2D eigenvalue weighted by Crippen LogP contribution is 2.61. The molecule has 5 aliphatic rings. The maximum Gasteiger partial charge on any atom is 0.293 e. The number of carbonyl (C=O) groups excluding carboxylic acids is 2. The molecular formula is C29H29Cl2NO3S. The van der Waals surface area contributed by atoms with Crippen LogP contribution >= 0.6 is 35.0 Å². The van der Waals surface area contributed by atoms with E-state index in [2.05, 4.69) is 18.2 Å². The number of amides is 2. The van der Waals surface area contributed by atoms with Crippen LogP contribution in [0.2, 0.25) is 10.0 Å². The molecule has 0 radical (unpaired) electrons.